The molecule has 0 atom stereocenters. The highest BCUT2D eigenvalue weighted by molar-refractivity contribution is 5.69. The van der Waals surface area contributed by atoms with E-state index in [4.69, 9.17) is 4.84 Å². The molecule has 1 saturated heterocycles. The van der Waals surface area contributed by atoms with E-state index >= 15 is 0 Å². The van der Waals surface area contributed by atoms with Gasteiger partial charge in [0.25, 0.3) is 0 Å². The minimum Gasteiger partial charge on any atom is -0.368 e. The number of hydrogen-bond donors (Lipinski definition) is 0. The lowest BCUT2D eigenvalue weighted by molar-refractivity contribution is -0.166. The monoisotopic (exact) mass is 241 g/mol. The summed E-state index contributed by atoms with van der Waals surface area (Å²) >= 11 is 0. The van der Waals surface area contributed by atoms with Gasteiger partial charge in [0.1, 0.15) is 0 Å². The highest BCUT2D eigenvalue weighted by atomic mass is 16.7. The molecule has 1 rings (SSSR count). The molecule has 1 aliphatic heterocycles. The molecule has 0 spiro atoms. The van der Waals surface area contributed by atoms with Crippen molar-refractivity contribution in [3.63, 3.8) is 0 Å². The Morgan fingerprint density at radius 3 is 2.00 bits per heavy atom. The molecule has 17 heavy (non-hydrogen) atoms. The summed E-state index contributed by atoms with van der Waals surface area (Å²) in [5.41, 5.74) is 0. The summed E-state index contributed by atoms with van der Waals surface area (Å²) in [6, 6.07) is 0. The maximum Gasteiger partial charge on any atom is 0.325 e. The van der Waals surface area contributed by atoms with Crippen LogP contribution in [0.4, 0.5) is 0 Å². The maximum absolute atomic E-state index is 11.2. The fraction of sp³-hybridized carbons (Fsp3) is 0.929. The van der Waals surface area contributed by atoms with Crippen LogP contribution in [0.1, 0.15) is 71.1 Å². The SMILES string of the molecule is CCCCCCCCCCCC(=O)ON1CC1. The van der Waals surface area contributed by atoms with Crippen molar-refractivity contribution in [2.24, 2.45) is 0 Å². The first-order valence-corrected chi connectivity index (χ1v) is 7.28. The molecule has 1 fully saturated rings. The van der Waals surface area contributed by atoms with Crippen LogP contribution in [0.5, 0.6) is 0 Å². The molecule has 0 bridgehead atoms. The molecule has 0 aliphatic carbocycles. The number of nitrogens with zero attached hydrogens (tertiary/aromatic N) is 1. The zero-order valence-corrected chi connectivity index (χ0v) is 11.2. The van der Waals surface area contributed by atoms with Crippen LogP contribution in [-0.2, 0) is 9.63 Å². The molecule has 100 valence electrons. The van der Waals surface area contributed by atoms with Crippen molar-refractivity contribution in [3.8, 4) is 0 Å². The zero-order valence-electron chi connectivity index (χ0n) is 11.2. The Hall–Kier alpha value is -0.570. The molecule has 0 saturated carbocycles. The molecule has 1 aliphatic rings. The summed E-state index contributed by atoms with van der Waals surface area (Å²) in [4.78, 5) is 16.3. The van der Waals surface area contributed by atoms with Crippen molar-refractivity contribution in [2.45, 2.75) is 71.1 Å². The Kier molecular flexibility index (Phi) is 8.06. The normalized spacial score (nSPS) is 14.9. The standard InChI is InChI=1S/C14H27NO2/c1-2-3-4-5-6-7-8-9-10-11-14(16)17-15-12-13-15/h2-13H2,1H3. The van der Waals surface area contributed by atoms with E-state index in [0.29, 0.717) is 6.42 Å². The van der Waals surface area contributed by atoms with Crippen molar-refractivity contribution in [1.29, 1.82) is 0 Å². The van der Waals surface area contributed by atoms with Gasteiger partial charge in [0.15, 0.2) is 0 Å². The first-order valence-electron chi connectivity index (χ1n) is 7.28. The highest BCUT2D eigenvalue weighted by Gasteiger charge is 2.21. The van der Waals surface area contributed by atoms with Crippen LogP contribution < -0.4 is 0 Å². The van der Waals surface area contributed by atoms with E-state index in [1.807, 2.05) is 0 Å². The average Bonchev–Trinajstić information content (AvgIpc) is 3.11. The summed E-state index contributed by atoms with van der Waals surface area (Å²) in [5.74, 6) is -0.0505. The lowest BCUT2D eigenvalue weighted by atomic mass is 10.1. The molecule has 0 aromatic carbocycles. The predicted octanol–water partition coefficient (Wildman–Crippen LogP) is 3.68. The van der Waals surface area contributed by atoms with Gasteiger partial charge in [-0.05, 0) is 6.42 Å². The molecule has 1 heterocycles. The van der Waals surface area contributed by atoms with Crippen LogP contribution >= 0.6 is 0 Å². The summed E-state index contributed by atoms with van der Waals surface area (Å²) in [5, 5.41) is 1.70. The summed E-state index contributed by atoms with van der Waals surface area (Å²) < 4.78 is 0. The van der Waals surface area contributed by atoms with E-state index in [-0.39, 0.29) is 5.97 Å². The van der Waals surface area contributed by atoms with E-state index in [0.717, 1.165) is 19.5 Å². The first-order chi connectivity index (χ1) is 8.33. The van der Waals surface area contributed by atoms with E-state index < -0.39 is 0 Å². The van der Waals surface area contributed by atoms with Crippen molar-refractivity contribution < 1.29 is 9.63 Å². The van der Waals surface area contributed by atoms with E-state index in [1.165, 1.54) is 51.4 Å². The first kappa shape index (κ1) is 14.5. The zero-order chi connectivity index (χ0) is 12.3. The molecule has 0 aromatic heterocycles. The van der Waals surface area contributed by atoms with Gasteiger partial charge in [0, 0.05) is 6.42 Å². The molecule has 0 amide bonds. The number of carbonyl (C=O) groups is 1. The van der Waals surface area contributed by atoms with Gasteiger partial charge in [0.05, 0.1) is 13.1 Å². The fourth-order valence-electron chi connectivity index (χ4n) is 1.90. The molecule has 3 nitrogen and oxygen atoms in total. The second-order valence-corrected chi connectivity index (χ2v) is 4.97. The van der Waals surface area contributed by atoms with Crippen LogP contribution in [0.2, 0.25) is 0 Å². The second kappa shape index (κ2) is 9.46. The van der Waals surface area contributed by atoms with Gasteiger partial charge in [-0.25, -0.2) is 0 Å². The van der Waals surface area contributed by atoms with Gasteiger partial charge in [-0.3, -0.25) is 4.79 Å². The molecule has 0 unspecified atom stereocenters. The number of unbranched alkanes of at least 4 members (excludes halogenated alkanes) is 8. The largest absolute Gasteiger partial charge is 0.368 e. The minimum atomic E-state index is -0.0505. The van der Waals surface area contributed by atoms with Gasteiger partial charge in [-0.15, -0.1) is 5.06 Å². The summed E-state index contributed by atoms with van der Waals surface area (Å²) in [7, 11) is 0. The van der Waals surface area contributed by atoms with Crippen LogP contribution in [0.25, 0.3) is 0 Å². The van der Waals surface area contributed by atoms with E-state index in [1.54, 1.807) is 5.06 Å². The van der Waals surface area contributed by atoms with Gasteiger partial charge in [-0.1, -0.05) is 58.3 Å². The second-order valence-electron chi connectivity index (χ2n) is 4.97. The molecule has 3 heteroatoms. The number of hydrogen-bond acceptors (Lipinski definition) is 3. The topological polar surface area (TPSA) is 29.3 Å². The Morgan fingerprint density at radius 1 is 0.941 bits per heavy atom. The smallest absolute Gasteiger partial charge is 0.325 e. The molecular weight excluding hydrogens is 214 g/mol. The van der Waals surface area contributed by atoms with Gasteiger partial charge in [0.2, 0.25) is 0 Å². The van der Waals surface area contributed by atoms with Crippen molar-refractivity contribution in [2.75, 3.05) is 13.1 Å². The van der Waals surface area contributed by atoms with E-state index in [2.05, 4.69) is 6.92 Å². The van der Waals surface area contributed by atoms with Gasteiger partial charge < -0.3 is 4.84 Å². The summed E-state index contributed by atoms with van der Waals surface area (Å²) in [6.07, 6.45) is 12.2. The van der Waals surface area contributed by atoms with Gasteiger partial charge in [-0.2, -0.15) is 0 Å². The summed E-state index contributed by atoms with van der Waals surface area (Å²) in [6.45, 7) is 4.09. The van der Waals surface area contributed by atoms with Crippen LogP contribution in [0.3, 0.4) is 0 Å². The number of rotatable bonds is 11. The third-order valence-corrected chi connectivity index (χ3v) is 3.12. The van der Waals surface area contributed by atoms with Crippen LogP contribution in [0, 0.1) is 0 Å². The Morgan fingerprint density at radius 2 is 1.47 bits per heavy atom. The maximum atomic E-state index is 11.2. The lowest BCUT2D eigenvalue weighted by Crippen LogP contribution is -2.08. The van der Waals surface area contributed by atoms with Crippen molar-refractivity contribution in [3.05, 3.63) is 0 Å². The Labute approximate surface area is 105 Å². The van der Waals surface area contributed by atoms with Crippen molar-refractivity contribution >= 4 is 5.97 Å². The Bertz CT molecular complexity index is 202. The van der Waals surface area contributed by atoms with Crippen LogP contribution in [-0.4, -0.2) is 24.1 Å². The average molecular weight is 241 g/mol. The Balaban J connectivity index is 1.73. The fourth-order valence-corrected chi connectivity index (χ4v) is 1.90. The van der Waals surface area contributed by atoms with Crippen LogP contribution in [0.15, 0.2) is 0 Å². The molecule has 0 radical (unpaired) electrons. The molecular formula is C14H27NO2. The molecule has 0 N–H and O–H groups in total. The third-order valence-electron chi connectivity index (χ3n) is 3.12. The predicted molar refractivity (Wildman–Crippen MR) is 69.5 cm³/mol. The third kappa shape index (κ3) is 9.16. The minimum absolute atomic E-state index is 0.0505. The quantitative estimate of drug-likeness (QED) is 0.408. The van der Waals surface area contributed by atoms with E-state index in [9.17, 15) is 4.79 Å². The lowest BCUT2D eigenvalue weighted by Gasteiger charge is -2.03. The number of hydroxylamine groups is 2. The molecule has 0 aromatic rings. The highest BCUT2D eigenvalue weighted by Crippen LogP contribution is 2.12. The van der Waals surface area contributed by atoms with Crippen molar-refractivity contribution in [1.82, 2.24) is 5.06 Å². The van der Waals surface area contributed by atoms with Gasteiger partial charge >= 0.3 is 5.97 Å². The number of carbonyl (C=O) groups excluding carboxylic acids is 1.